The van der Waals surface area contributed by atoms with Gasteiger partial charge in [0.25, 0.3) is 0 Å². The van der Waals surface area contributed by atoms with Gasteiger partial charge in [0.2, 0.25) is 82.7 Å². The van der Waals surface area contributed by atoms with Gasteiger partial charge in [0, 0.05) is 63.7 Å². The molecule has 708 valence electrons. The second-order valence-corrected chi connectivity index (χ2v) is 32.1. The molecule has 30 atom stereocenters. The number of nitrogens with zero attached hydrogens (tertiary/aromatic N) is 4. The number of aliphatic hydroxyl groups is 16. The fourth-order valence-corrected chi connectivity index (χ4v) is 15.0. The zero-order valence-electron chi connectivity index (χ0n) is 66.2. The number of amides is 14. The van der Waals surface area contributed by atoms with E-state index in [4.69, 9.17) is 27.5 Å². The Labute approximate surface area is 716 Å². The van der Waals surface area contributed by atoms with Gasteiger partial charge in [-0.1, -0.05) is 40.8 Å². The molecule has 36 N–H and O–H groups in total. The van der Waals surface area contributed by atoms with Gasteiger partial charge in [-0.3, -0.25) is 71.7 Å². The van der Waals surface area contributed by atoms with Crippen LogP contribution in [-0.4, -0.2) is 397 Å². The predicted octanol–water partition coefficient (Wildman–Crippen LogP) is -16.7. The SMILES string of the molecule is C.C.CC(O)C1NC(=O)C(N)CC(O)C(O)NC(=O)C2C(O)C(C)CN2C(=O)C(C(O)CC(N)=O)NC(=O)C(C(O)C(O)c2ccc(O)c(O)c2)NC(=O)C2CC(O)CN2C1=O.CC(O)C1NC(=O)C(N)CC(O)C(O)NC(=O)C2C(O)C(C)CN2C(=O)C(C(O)CC(N)=O)NC(=O)C(C(O)C(O)c2ccc(O)c(OS(=O)(=O)O)c2)NC(=O)C2CC(O)CN2C1=O. The number of nitrogens with two attached hydrogens (primary N) is 4. The van der Waals surface area contributed by atoms with Crippen LogP contribution in [0.3, 0.4) is 0 Å². The number of phenols is 3. The highest BCUT2D eigenvalue weighted by Gasteiger charge is 2.54. The molecule has 0 spiro atoms. The molecule has 30 unspecified atom stereocenters. The van der Waals surface area contributed by atoms with Crippen LogP contribution in [0.4, 0.5) is 0 Å². The normalized spacial score (nSPS) is 32.4. The molecule has 0 radical (unpaired) electrons. The molecule has 14 amide bonds. The van der Waals surface area contributed by atoms with Crippen LogP contribution < -0.4 is 69.7 Å². The van der Waals surface area contributed by atoms with E-state index in [1.165, 1.54) is 13.8 Å². The van der Waals surface area contributed by atoms with Crippen LogP contribution in [0.1, 0.15) is 104 Å². The number of aromatic hydroxyl groups is 3. The Balaban J connectivity index is 0.000000441. The summed E-state index contributed by atoms with van der Waals surface area (Å²) >= 11 is 0. The van der Waals surface area contributed by atoms with Gasteiger partial charge in [-0.25, -0.2) is 0 Å². The largest absolute Gasteiger partial charge is 0.504 e. The summed E-state index contributed by atoms with van der Waals surface area (Å²) in [7, 11) is -5.30. The number of fused-ring (bicyclic) bond motifs is 4. The third-order valence-electron chi connectivity index (χ3n) is 21.4. The van der Waals surface area contributed by atoms with Crippen molar-refractivity contribution in [3.63, 3.8) is 0 Å². The number of aliphatic hydroxyl groups excluding tert-OH is 16. The Hall–Kier alpha value is -10.6. The van der Waals surface area contributed by atoms with Gasteiger partial charge in [0.1, 0.15) is 97.0 Å². The summed E-state index contributed by atoms with van der Waals surface area (Å²) in [5.41, 5.74) is 21.5. The molecule has 54 heteroatoms. The zero-order valence-corrected chi connectivity index (χ0v) is 67.1. The summed E-state index contributed by atoms with van der Waals surface area (Å²) in [4.78, 5) is 193. The Kier molecular flexibility index (Phi) is 37.2. The second-order valence-electron chi connectivity index (χ2n) is 31.1. The standard InChI is InChI=1S/C35H52N8O20S.C35H52N8O17.2CH4/c1-11-9-43-25(26(11)50)33(57)41-31(55)19(48)7-15(36)29(53)38-22(12(2)44)34(58)42-10-14(45)6-16(42)30(54)40-24(32(56)39-23(35(43)59)18(47)8-21(37)49)28(52)27(51)13-3-4-17(46)20(5-13)63-64(60,61)62;1-11-9-43-25(26(11)51)33(58)41-31(56)20(49)7-15(36)29(54)38-22(12(2)44)34(59)42-10-14(45)6-16(42)30(55)40-24(28(53)27(52)13-3-4-17(46)18(47)5-13)32(57)39-23(35(43)60)19(48)8-21(37)50;;/h3-5,11-12,14-16,18-19,22-28,31,44-48,50-52,55H,6-10,36H2,1-2H3,(H2,37,49)(H,38,53)(H,39,56)(H,40,54)(H,41,57)(H,60,61,62);3-5,11-12,14-16,19-20,22-28,31,44-49,51-53,56H,6-10,36H2,1-2H3,(H2,37,50)(H,38,54)(H,39,57)(H,40,55)(H,41,58);2*1H4. The summed E-state index contributed by atoms with van der Waals surface area (Å²) in [5.74, 6) is -23.8. The van der Waals surface area contributed by atoms with Crippen LogP contribution in [0.15, 0.2) is 36.4 Å². The topological polar surface area (TPSA) is 900 Å². The summed E-state index contributed by atoms with van der Waals surface area (Å²) in [6, 6.07) is -19.4. The molecule has 6 fully saturated rings. The molecule has 0 aliphatic carbocycles. The molecule has 0 aromatic heterocycles. The molecule has 6 aliphatic heterocycles. The number of hydrogen-bond donors (Lipinski definition) is 32. The van der Waals surface area contributed by atoms with Crippen LogP contribution in [-0.2, 0) is 77.5 Å². The number of hydrogen-bond acceptors (Lipinski definition) is 38. The molecule has 53 nitrogen and oxygen atoms in total. The average molecular weight is 1830 g/mol. The predicted molar refractivity (Wildman–Crippen MR) is 419 cm³/mol. The van der Waals surface area contributed by atoms with E-state index < -0.39 is 369 Å². The number of nitrogens with one attached hydrogen (secondary N) is 8. The first-order chi connectivity index (χ1) is 57.6. The minimum Gasteiger partial charge on any atom is -0.504 e. The maximum Gasteiger partial charge on any atom is 0.446 e. The monoisotopic (exact) mass is 1820 g/mol. The molecule has 0 saturated carbocycles. The van der Waals surface area contributed by atoms with Crippen LogP contribution in [0.2, 0.25) is 0 Å². The van der Waals surface area contributed by atoms with E-state index in [1.54, 1.807) is 0 Å². The van der Waals surface area contributed by atoms with E-state index in [0.717, 1.165) is 49.1 Å². The van der Waals surface area contributed by atoms with Crippen molar-refractivity contribution in [3.8, 4) is 23.0 Å². The Morgan fingerprint density at radius 1 is 0.437 bits per heavy atom. The first-order valence-corrected chi connectivity index (χ1v) is 39.6. The lowest BCUT2D eigenvalue weighted by molar-refractivity contribution is -0.149. The van der Waals surface area contributed by atoms with Crippen molar-refractivity contribution < 1.29 is 181 Å². The van der Waals surface area contributed by atoms with Gasteiger partial charge in [0.05, 0.1) is 73.8 Å². The number of rotatable bonds is 16. The summed E-state index contributed by atoms with van der Waals surface area (Å²) in [6.07, 6.45) is -37.4. The number of carbonyl (C=O) groups is 14. The summed E-state index contributed by atoms with van der Waals surface area (Å²) in [6.45, 7) is 2.70. The number of benzene rings is 2. The highest BCUT2D eigenvalue weighted by molar-refractivity contribution is 7.81. The molecule has 2 aromatic carbocycles. The Bertz CT molecular complexity index is 4410. The van der Waals surface area contributed by atoms with E-state index in [2.05, 4.69) is 30.8 Å². The minimum absolute atomic E-state index is 0. The van der Waals surface area contributed by atoms with Crippen LogP contribution in [0, 0.1) is 11.8 Å². The van der Waals surface area contributed by atoms with E-state index in [-0.39, 0.29) is 20.4 Å². The van der Waals surface area contributed by atoms with Gasteiger partial charge < -0.3 is 186 Å². The highest BCUT2D eigenvalue weighted by Crippen LogP contribution is 2.35. The Morgan fingerprint density at radius 2 is 0.762 bits per heavy atom. The average Bonchev–Trinajstić information content (AvgIpc) is 1.66. The second kappa shape index (κ2) is 44.2. The van der Waals surface area contributed by atoms with Crippen molar-refractivity contribution in [3.05, 3.63) is 47.5 Å². The van der Waals surface area contributed by atoms with E-state index in [0.29, 0.717) is 20.8 Å². The summed E-state index contributed by atoms with van der Waals surface area (Å²) < 4.78 is 36.2. The van der Waals surface area contributed by atoms with Crippen molar-refractivity contribution in [2.75, 3.05) is 26.2 Å². The lowest BCUT2D eigenvalue weighted by Gasteiger charge is -2.34. The van der Waals surface area contributed by atoms with Crippen molar-refractivity contribution >= 4 is 93.1 Å². The van der Waals surface area contributed by atoms with Crippen molar-refractivity contribution in [1.82, 2.24) is 62.1 Å². The molecule has 126 heavy (non-hydrogen) atoms. The van der Waals surface area contributed by atoms with Crippen molar-refractivity contribution in [1.29, 1.82) is 0 Å². The van der Waals surface area contributed by atoms with E-state index in [9.17, 15) is 173 Å². The van der Waals surface area contributed by atoms with E-state index in [1.807, 2.05) is 16.0 Å². The lowest BCUT2D eigenvalue weighted by atomic mass is 9.96. The van der Waals surface area contributed by atoms with Gasteiger partial charge >= 0.3 is 10.4 Å². The summed E-state index contributed by atoms with van der Waals surface area (Å²) in [5, 5.41) is 221. The molecule has 6 aliphatic rings. The van der Waals surface area contributed by atoms with Crippen molar-refractivity contribution in [2.45, 2.75) is 251 Å². The molecule has 0 bridgehead atoms. The maximum absolute atomic E-state index is 14.3. The van der Waals surface area contributed by atoms with Crippen LogP contribution >= 0.6 is 0 Å². The van der Waals surface area contributed by atoms with Gasteiger partial charge in [-0.05, 0) is 49.2 Å². The number of primary amides is 2. The molecular weight excluding hydrogens is 1710 g/mol. The third kappa shape index (κ3) is 25.6. The fraction of sp³-hybridized carbons (Fsp3) is 0.639. The van der Waals surface area contributed by atoms with E-state index >= 15 is 0 Å². The smallest absolute Gasteiger partial charge is 0.446 e. The molecule has 6 heterocycles. The fourth-order valence-electron chi connectivity index (χ4n) is 14.6. The van der Waals surface area contributed by atoms with Gasteiger partial charge in [-0.15, -0.1) is 0 Å². The maximum atomic E-state index is 14.3. The van der Waals surface area contributed by atoms with Crippen molar-refractivity contribution in [2.24, 2.45) is 34.8 Å². The van der Waals surface area contributed by atoms with Crippen LogP contribution in [0.25, 0.3) is 0 Å². The lowest BCUT2D eigenvalue weighted by Crippen LogP contribution is -2.64. The minimum atomic E-state index is -5.30. The number of carbonyl (C=O) groups excluding carboxylic acids is 14. The third-order valence-corrected chi connectivity index (χ3v) is 21.8. The van der Waals surface area contributed by atoms with Gasteiger partial charge in [-0.2, -0.15) is 8.42 Å². The Morgan fingerprint density at radius 3 is 1.10 bits per heavy atom. The quantitative estimate of drug-likeness (QED) is 0.0548. The number of phenolic OH excluding ortho intramolecular Hbond substituents is 3. The first kappa shape index (κ1) is 106. The highest BCUT2D eigenvalue weighted by atomic mass is 32.3. The molecule has 2 aromatic rings. The van der Waals surface area contributed by atoms with Crippen LogP contribution in [0.5, 0.6) is 23.0 Å². The first-order valence-electron chi connectivity index (χ1n) is 38.2. The molecule has 8 rings (SSSR count). The zero-order chi connectivity index (χ0) is 93.4. The van der Waals surface area contributed by atoms with Gasteiger partial charge in [0.15, 0.2) is 35.5 Å². The molecular formula is C72H112N16O37S. The molecule has 6 saturated heterocycles.